The van der Waals surface area contributed by atoms with E-state index in [1.165, 1.54) is 0 Å². The van der Waals surface area contributed by atoms with Gasteiger partial charge in [-0.05, 0) is 0 Å². The summed E-state index contributed by atoms with van der Waals surface area (Å²) in [4.78, 5) is 0. The zero-order valence-electron chi connectivity index (χ0n) is 1.56. The Bertz CT molecular complexity index is 8.00. The topological polar surface area (TPSA) is 0 Å². The Labute approximate surface area is 76.2 Å². The summed E-state index contributed by atoms with van der Waals surface area (Å²) < 4.78 is 0. The Kier molecular flexibility index (Phi) is 143. The van der Waals surface area contributed by atoms with Crippen molar-refractivity contribution in [3.63, 3.8) is 0 Å². The zero-order valence-corrected chi connectivity index (χ0v) is 7.19. The standard InChI is InChI=1S/Fe.Li.Ti.Zn.H. The van der Waals surface area contributed by atoms with Gasteiger partial charge in [-0.3, -0.25) is 0 Å². The largest absolute Gasteiger partial charge is 0 e. The molecule has 0 unspecified atom stereocenters. The van der Waals surface area contributed by atoms with E-state index in [4.69, 9.17) is 0 Å². The van der Waals surface area contributed by atoms with Gasteiger partial charge in [0.1, 0.15) is 0 Å². The fourth-order valence-corrected chi connectivity index (χ4v) is 0. The van der Waals surface area contributed by atoms with Crippen LogP contribution in [-0.2, 0) is 58.3 Å². The van der Waals surface area contributed by atoms with E-state index in [-0.39, 0.29) is 77.1 Å². The first-order valence-corrected chi connectivity index (χ1v) is 0. The number of rotatable bonds is 0. The van der Waals surface area contributed by atoms with Crippen LogP contribution in [0.4, 0.5) is 0 Å². The molecule has 0 saturated carbocycles. The molecular weight excluding hydrogens is 176 g/mol. The summed E-state index contributed by atoms with van der Waals surface area (Å²) >= 11 is 0. The van der Waals surface area contributed by atoms with Gasteiger partial charge in [-0.15, -0.1) is 0 Å². The van der Waals surface area contributed by atoms with Crippen LogP contribution in [0.1, 0.15) is 0 Å². The summed E-state index contributed by atoms with van der Waals surface area (Å²) in [6.45, 7) is 0. The van der Waals surface area contributed by atoms with Crippen molar-refractivity contribution in [2.75, 3.05) is 0 Å². The molecule has 0 nitrogen and oxygen atoms in total. The van der Waals surface area contributed by atoms with Gasteiger partial charge in [-0.1, -0.05) is 0 Å². The molecule has 0 bridgehead atoms. The van der Waals surface area contributed by atoms with Crippen LogP contribution in [0.15, 0.2) is 0 Å². The van der Waals surface area contributed by atoms with Crippen LogP contribution in [0.2, 0.25) is 0 Å². The van der Waals surface area contributed by atoms with Crippen LogP contribution >= 0.6 is 0 Å². The van der Waals surface area contributed by atoms with E-state index in [0.29, 0.717) is 0 Å². The second kappa shape index (κ2) is 18.0. The smallest absolute Gasteiger partial charge is 0 e. The summed E-state index contributed by atoms with van der Waals surface area (Å²) in [6, 6.07) is 0. The molecule has 0 aromatic heterocycles. The van der Waals surface area contributed by atoms with Crippen molar-refractivity contribution < 1.29 is 58.3 Å². The zero-order chi connectivity index (χ0) is 0. The molecule has 0 rings (SSSR count). The van der Waals surface area contributed by atoms with Crippen LogP contribution in [0.5, 0.6) is 0 Å². The Hall–Kier alpha value is 2.45. The predicted octanol–water partition coefficient (Wildman–Crippen LogP) is -0.656. The maximum atomic E-state index is 0. The first-order valence-electron chi connectivity index (χ1n) is 0. The van der Waals surface area contributed by atoms with Gasteiger partial charge in [-0.25, -0.2) is 0 Å². The Morgan fingerprint density at radius 2 is 1.00 bits per heavy atom. The van der Waals surface area contributed by atoms with Crippen molar-refractivity contribution in [3.05, 3.63) is 0 Å². The molecule has 0 spiro atoms. The molecule has 0 atom stereocenters. The minimum Gasteiger partial charge on any atom is 0 e. The summed E-state index contributed by atoms with van der Waals surface area (Å²) in [7, 11) is 0. The maximum absolute atomic E-state index is 0. The molecule has 0 heterocycles. The van der Waals surface area contributed by atoms with Gasteiger partial charge in [0.15, 0.2) is 0 Å². The van der Waals surface area contributed by atoms with Crippen LogP contribution in [0, 0.1) is 0 Å². The summed E-state index contributed by atoms with van der Waals surface area (Å²) in [5, 5.41) is 0. The van der Waals surface area contributed by atoms with E-state index in [2.05, 4.69) is 0 Å². The molecule has 0 fully saturated rings. The molecule has 0 aromatic carbocycles. The summed E-state index contributed by atoms with van der Waals surface area (Å²) in [6.07, 6.45) is 0. The molecule has 0 aliphatic heterocycles. The predicted molar refractivity (Wildman–Crippen MR) is 7.15 cm³/mol. The van der Waals surface area contributed by atoms with E-state index in [0.717, 1.165) is 0 Å². The van der Waals surface area contributed by atoms with Crippen molar-refractivity contribution in [3.8, 4) is 0 Å². The molecule has 0 N–H and O–H groups in total. The van der Waals surface area contributed by atoms with E-state index in [1.807, 2.05) is 0 Å². The third-order valence-electron chi connectivity index (χ3n) is 0. The number of hydrogen-bond acceptors (Lipinski definition) is 0. The summed E-state index contributed by atoms with van der Waals surface area (Å²) in [5.41, 5.74) is 0. The SMILES string of the molecule is [Fe].[LiH].[Ti].[Zn]. The monoisotopic (exact) mass is 176 g/mol. The quantitative estimate of drug-likeness (QED) is 0.431. The molecule has 0 aliphatic carbocycles. The van der Waals surface area contributed by atoms with Crippen molar-refractivity contribution >= 4 is 18.9 Å². The first-order chi connectivity index (χ1) is 0. The van der Waals surface area contributed by atoms with Crippen molar-refractivity contribution in [2.45, 2.75) is 0 Å². The molecule has 0 aliphatic rings. The fourth-order valence-electron chi connectivity index (χ4n) is 0. The molecular formula is HFeLiTiZn. The van der Waals surface area contributed by atoms with E-state index < -0.39 is 0 Å². The average molecular weight is 177 g/mol. The number of hydrogen-bond donors (Lipinski definition) is 0. The van der Waals surface area contributed by atoms with Gasteiger partial charge in [0, 0.05) is 58.3 Å². The van der Waals surface area contributed by atoms with Crippen molar-refractivity contribution in [1.82, 2.24) is 0 Å². The maximum Gasteiger partial charge on any atom is 0 e. The third kappa shape index (κ3) is 8.82. The molecule has 0 saturated heterocycles. The Balaban J connectivity index is 0. The van der Waals surface area contributed by atoms with Gasteiger partial charge in [-0.2, -0.15) is 0 Å². The molecule has 16 valence electrons. The minimum absolute atomic E-state index is 0. The van der Waals surface area contributed by atoms with E-state index in [1.54, 1.807) is 0 Å². The molecule has 0 aromatic rings. The van der Waals surface area contributed by atoms with Gasteiger partial charge in [0.25, 0.3) is 0 Å². The average Bonchev–Trinajstić information content (AvgIpc) is 0. The van der Waals surface area contributed by atoms with Crippen molar-refractivity contribution in [2.24, 2.45) is 0 Å². The van der Waals surface area contributed by atoms with Gasteiger partial charge in [0.05, 0.1) is 0 Å². The third-order valence-corrected chi connectivity index (χ3v) is 0. The summed E-state index contributed by atoms with van der Waals surface area (Å²) in [5.74, 6) is 0. The molecule has 0 amide bonds. The van der Waals surface area contributed by atoms with E-state index >= 15 is 0 Å². The van der Waals surface area contributed by atoms with Crippen LogP contribution in [0.25, 0.3) is 0 Å². The Morgan fingerprint density at radius 3 is 1.00 bits per heavy atom. The van der Waals surface area contributed by atoms with Gasteiger partial charge < -0.3 is 0 Å². The molecule has 0 radical (unpaired) electrons. The normalized spacial score (nSPS) is 0. The Morgan fingerprint density at radius 1 is 1.00 bits per heavy atom. The van der Waals surface area contributed by atoms with Crippen molar-refractivity contribution in [1.29, 1.82) is 0 Å². The second-order valence-electron chi connectivity index (χ2n) is 0. The molecule has 4 heavy (non-hydrogen) atoms. The minimum atomic E-state index is 0. The van der Waals surface area contributed by atoms with Crippen LogP contribution < -0.4 is 0 Å². The van der Waals surface area contributed by atoms with Gasteiger partial charge in [0.2, 0.25) is 0 Å². The van der Waals surface area contributed by atoms with Crippen LogP contribution in [-0.4, -0.2) is 18.9 Å². The fraction of sp³-hybridized carbons (Fsp3) is 0. The van der Waals surface area contributed by atoms with E-state index in [9.17, 15) is 0 Å². The first kappa shape index (κ1) is 31.9. The molecule has 4 heteroatoms. The van der Waals surface area contributed by atoms with Crippen LogP contribution in [0.3, 0.4) is 0 Å². The van der Waals surface area contributed by atoms with Gasteiger partial charge >= 0.3 is 18.9 Å². The second-order valence-corrected chi connectivity index (χ2v) is 0.